The van der Waals surface area contributed by atoms with E-state index in [1.165, 1.54) is 19.1 Å². The van der Waals surface area contributed by atoms with E-state index in [9.17, 15) is 13.2 Å². The summed E-state index contributed by atoms with van der Waals surface area (Å²) in [5, 5.41) is 0. The molecule has 0 amide bonds. The summed E-state index contributed by atoms with van der Waals surface area (Å²) >= 11 is 0. The number of benzene rings is 2. The third kappa shape index (κ3) is 4.67. The summed E-state index contributed by atoms with van der Waals surface area (Å²) in [4.78, 5) is 11.6. The molecule has 0 saturated carbocycles. The summed E-state index contributed by atoms with van der Waals surface area (Å²) < 4.78 is 33.4. The number of carbonyl (C=O) groups excluding carboxylic acids is 1. The van der Waals surface area contributed by atoms with E-state index in [1.54, 1.807) is 31.4 Å². The highest BCUT2D eigenvalue weighted by atomic mass is 32.2. The fourth-order valence-electron chi connectivity index (χ4n) is 2.52. The molecule has 0 aliphatic carbocycles. The van der Waals surface area contributed by atoms with Crippen molar-refractivity contribution in [1.29, 1.82) is 0 Å². The van der Waals surface area contributed by atoms with Gasteiger partial charge in [0.2, 0.25) is 10.0 Å². The topological polar surface area (TPSA) is 72.5 Å². The van der Waals surface area contributed by atoms with Gasteiger partial charge in [0.1, 0.15) is 5.75 Å². The number of rotatable bonds is 7. The van der Waals surface area contributed by atoms with Crippen molar-refractivity contribution in [3.05, 3.63) is 59.7 Å². The zero-order valence-corrected chi connectivity index (χ0v) is 15.6. The Morgan fingerprint density at radius 3 is 2.24 bits per heavy atom. The van der Waals surface area contributed by atoms with Crippen LogP contribution in [0, 0.1) is 5.92 Å². The molecule has 0 aliphatic heterocycles. The van der Waals surface area contributed by atoms with Crippen molar-refractivity contribution in [1.82, 2.24) is 4.72 Å². The van der Waals surface area contributed by atoms with Gasteiger partial charge in [-0.3, -0.25) is 4.79 Å². The lowest BCUT2D eigenvalue weighted by atomic mass is 9.97. The van der Waals surface area contributed by atoms with Gasteiger partial charge in [-0.05, 0) is 42.7 Å². The SMILES string of the molecule is COc1ccc(C(NS(=O)(=O)c2cccc(C(C)=O)c2)C(C)C)cc1. The Balaban J connectivity index is 2.34. The molecule has 6 heteroatoms. The van der Waals surface area contributed by atoms with Gasteiger partial charge < -0.3 is 4.74 Å². The Labute approximate surface area is 149 Å². The van der Waals surface area contributed by atoms with E-state index in [-0.39, 0.29) is 16.6 Å². The highest BCUT2D eigenvalue weighted by Crippen LogP contribution is 2.26. The number of ketones is 1. The zero-order chi connectivity index (χ0) is 18.6. The monoisotopic (exact) mass is 361 g/mol. The normalized spacial score (nSPS) is 12.8. The number of ether oxygens (including phenoxy) is 1. The van der Waals surface area contributed by atoms with Gasteiger partial charge in [-0.25, -0.2) is 13.1 Å². The predicted octanol–water partition coefficient (Wildman–Crippen LogP) is 3.57. The zero-order valence-electron chi connectivity index (χ0n) is 14.8. The average Bonchev–Trinajstić information content (AvgIpc) is 2.59. The first-order chi connectivity index (χ1) is 11.7. The van der Waals surface area contributed by atoms with Crippen LogP contribution in [0.2, 0.25) is 0 Å². The number of Topliss-reactive ketones (excluding diaryl/α,β-unsaturated/α-hetero) is 1. The highest BCUT2D eigenvalue weighted by Gasteiger charge is 2.24. The van der Waals surface area contributed by atoms with Crippen LogP contribution in [0.3, 0.4) is 0 Å². The molecule has 5 nitrogen and oxygen atoms in total. The molecule has 2 aromatic rings. The van der Waals surface area contributed by atoms with Crippen LogP contribution in [0.5, 0.6) is 5.75 Å². The molecule has 0 spiro atoms. The molecule has 0 saturated heterocycles. The molecule has 0 fully saturated rings. The van der Waals surface area contributed by atoms with E-state index in [0.717, 1.165) is 5.56 Å². The lowest BCUT2D eigenvalue weighted by molar-refractivity contribution is 0.101. The van der Waals surface area contributed by atoms with Gasteiger partial charge in [-0.2, -0.15) is 0 Å². The molecule has 0 radical (unpaired) electrons. The van der Waals surface area contributed by atoms with Gasteiger partial charge in [0, 0.05) is 11.6 Å². The number of hydrogen-bond acceptors (Lipinski definition) is 4. The lowest BCUT2D eigenvalue weighted by Gasteiger charge is -2.23. The maximum absolute atomic E-state index is 12.8. The third-order valence-electron chi connectivity index (χ3n) is 3.97. The third-order valence-corrected chi connectivity index (χ3v) is 5.41. The van der Waals surface area contributed by atoms with Crippen molar-refractivity contribution in [2.24, 2.45) is 5.92 Å². The molecule has 0 heterocycles. The standard InChI is InChI=1S/C19H23NO4S/c1-13(2)19(15-8-10-17(24-4)11-9-15)20-25(22,23)18-7-5-6-16(12-18)14(3)21/h5-13,19-20H,1-4H3. The summed E-state index contributed by atoms with van der Waals surface area (Å²) in [6, 6.07) is 13.0. The molecule has 1 N–H and O–H groups in total. The molecule has 0 aromatic heterocycles. The Hall–Kier alpha value is -2.18. The summed E-state index contributed by atoms with van der Waals surface area (Å²) in [5.74, 6) is 0.579. The summed E-state index contributed by atoms with van der Waals surface area (Å²) in [6.45, 7) is 5.31. The van der Waals surface area contributed by atoms with E-state index < -0.39 is 16.1 Å². The van der Waals surface area contributed by atoms with Gasteiger partial charge in [-0.1, -0.05) is 38.1 Å². The molecular weight excluding hydrogens is 338 g/mol. The quantitative estimate of drug-likeness (QED) is 0.765. The summed E-state index contributed by atoms with van der Waals surface area (Å²) in [6.07, 6.45) is 0. The number of hydrogen-bond donors (Lipinski definition) is 1. The molecular formula is C19H23NO4S. The Kier molecular flexibility index (Phi) is 5.98. The fraction of sp³-hybridized carbons (Fsp3) is 0.316. The maximum atomic E-state index is 12.8. The van der Waals surface area contributed by atoms with Crippen LogP contribution in [0.25, 0.3) is 0 Å². The first-order valence-corrected chi connectivity index (χ1v) is 9.50. The van der Waals surface area contributed by atoms with E-state index >= 15 is 0 Å². The van der Waals surface area contributed by atoms with Gasteiger partial charge in [0.05, 0.1) is 12.0 Å². The first kappa shape index (κ1) is 19.1. The van der Waals surface area contributed by atoms with Crippen LogP contribution < -0.4 is 9.46 Å². The number of carbonyl (C=O) groups is 1. The van der Waals surface area contributed by atoms with Crippen molar-refractivity contribution in [3.63, 3.8) is 0 Å². The molecule has 1 atom stereocenters. The van der Waals surface area contributed by atoms with E-state index in [1.807, 2.05) is 26.0 Å². The summed E-state index contributed by atoms with van der Waals surface area (Å²) in [5.41, 5.74) is 1.22. The maximum Gasteiger partial charge on any atom is 0.241 e. The van der Waals surface area contributed by atoms with Crippen molar-refractivity contribution >= 4 is 15.8 Å². The van der Waals surface area contributed by atoms with Crippen molar-refractivity contribution in [2.45, 2.75) is 31.7 Å². The van der Waals surface area contributed by atoms with Crippen LogP contribution in [-0.4, -0.2) is 21.3 Å². The minimum atomic E-state index is -3.76. The van der Waals surface area contributed by atoms with Crippen molar-refractivity contribution in [3.8, 4) is 5.75 Å². The highest BCUT2D eigenvalue weighted by molar-refractivity contribution is 7.89. The molecule has 0 bridgehead atoms. The minimum absolute atomic E-state index is 0.0409. The lowest BCUT2D eigenvalue weighted by Crippen LogP contribution is -2.32. The van der Waals surface area contributed by atoms with Crippen molar-refractivity contribution < 1.29 is 17.9 Å². The number of sulfonamides is 1. The second kappa shape index (κ2) is 7.80. The molecule has 2 aromatic carbocycles. The van der Waals surface area contributed by atoms with E-state index in [4.69, 9.17) is 4.74 Å². The van der Waals surface area contributed by atoms with Gasteiger partial charge in [0.25, 0.3) is 0 Å². The molecule has 25 heavy (non-hydrogen) atoms. The average molecular weight is 361 g/mol. The predicted molar refractivity (Wildman–Crippen MR) is 97.3 cm³/mol. The summed E-state index contributed by atoms with van der Waals surface area (Å²) in [7, 11) is -2.17. The van der Waals surface area contributed by atoms with Crippen LogP contribution in [0.15, 0.2) is 53.4 Å². The van der Waals surface area contributed by atoms with Gasteiger partial charge >= 0.3 is 0 Å². The van der Waals surface area contributed by atoms with Crippen LogP contribution in [-0.2, 0) is 10.0 Å². The minimum Gasteiger partial charge on any atom is -0.497 e. The molecule has 2 rings (SSSR count). The largest absolute Gasteiger partial charge is 0.497 e. The second-order valence-corrected chi connectivity index (χ2v) is 7.91. The Morgan fingerprint density at radius 1 is 1.08 bits per heavy atom. The van der Waals surface area contributed by atoms with E-state index in [2.05, 4.69) is 4.72 Å². The fourth-order valence-corrected chi connectivity index (χ4v) is 3.94. The number of nitrogens with one attached hydrogen (secondary N) is 1. The van der Waals surface area contributed by atoms with Crippen LogP contribution in [0.4, 0.5) is 0 Å². The molecule has 134 valence electrons. The second-order valence-electron chi connectivity index (χ2n) is 6.20. The van der Waals surface area contributed by atoms with Crippen molar-refractivity contribution in [2.75, 3.05) is 7.11 Å². The molecule has 1 unspecified atom stereocenters. The Bertz CT molecular complexity index is 842. The van der Waals surface area contributed by atoms with Gasteiger partial charge in [-0.15, -0.1) is 0 Å². The van der Waals surface area contributed by atoms with Crippen LogP contribution in [0.1, 0.15) is 42.7 Å². The smallest absolute Gasteiger partial charge is 0.241 e. The Morgan fingerprint density at radius 2 is 1.72 bits per heavy atom. The number of methoxy groups -OCH3 is 1. The molecule has 0 aliphatic rings. The van der Waals surface area contributed by atoms with Gasteiger partial charge in [0.15, 0.2) is 5.78 Å². The first-order valence-electron chi connectivity index (χ1n) is 8.02. The van der Waals surface area contributed by atoms with Crippen LogP contribution >= 0.6 is 0 Å². The van der Waals surface area contributed by atoms with E-state index in [0.29, 0.717) is 11.3 Å².